The molecule has 0 radical (unpaired) electrons. The molecule has 0 aromatic carbocycles. The molecule has 4 nitrogen and oxygen atoms in total. The third kappa shape index (κ3) is 5.49. The molecule has 0 fully saturated rings. The molecule has 1 aromatic heterocycles. The fourth-order valence-electron chi connectivity index (χ4n) is 1.21. The minimum Gasteiger partial charge on any atom is -0.481 e. The van der Waals surface area contributed by atoms with E-state index in [4.69, 9.17) is 17.0 Å². The van der Waals surface area contributed by atoms with Crippen LogP contribution in [0.15, 0.2) is 18.3 Å². The molecule has 1 aromatic rings. The molecule has 0 atom stereocenters. The second kappa shape index (κ2) is 7.06. The van der Waals surface area contributed by atoms with E-state index in [2.05, 4.69) is 29.5 Å². The van der Waals surface area contributed by atoms with Gasteiger partial charge in [-0.2, -0.15) is 0 Å². The maximum atomic E-state index is 5.16. The Morgan fingerprint density at radius 3 is 2.88 bits per heavy atom. The maximum absolute atomic E-state index is 5.16. The first-order chi connectivity index (χ1) is 8.11. The normalized spacial score (nSPS) is 10.1. The van der Waals surface area contributed by atoms with Crippen LogP contribution in [0.25, 0.3) is 0 Å². The van der Waals surface area contributed by atoms with E-state index < -0.39 is 0 Å². The number of pyridine rings is 1. The first-order valence-corrected chi connectivity index (χ1v) is 6.03. The van der Waals surface area contributed by atoms with Crippen LogP contribution < -0.4 is 15.4 Å². The van der Waals surface area contributed by atoms with Crippen molar-refractivity contribution in [3.05, 3.63) is 23.9 Å². The van der Waals surface area contributed by atoms with Crippen molar-refractivity contribution in [1.29, 1.82) is 0 Å². The van der Waals surface area contributed by atoms with Gasteiger partial charge >= 0.3 is 0 Å². The Morgan fingerprint density at radius 2 is 2.24 bits per heavy atom. The fourth-order valence-corrected chi connectivity index (χ4v) is 1.37. The monoisotopic (exact) mass is 253 g/mol. The fraction of sp³-hybridized carbons (Fsp3) is 0.500. The average Bonchev–Trinajstić information content (AvgIpc) is 2.34. The van der Waals surface area contributed by atoms with Gasteiger partial charge in [0.05, 0.1) is 7.11 Å². The Morgan fingerprint density at radius 1 is 1.47 bits per heavy atom. The smallest absolute Gasteiger partial charge is 0.213 e. The van der Waals surface area contributed by atoms with Crippen molar-refractivity contribution in [2.24, 2.45) is 5.92 Å². The number of aromatic nitrogens is 1. The van der Waals surface area contributed by atoms with Crippen LogP contribution in [0, 0.1) is 5.92 Å². The Balaban J connectivity index is 2.36. The van der Waals surface area contributed by atoms with E-state index in [-0.39, 0.29) is 0 Å². The van der Waals surface area contributed by atoms with E-state index in [9.17, 15) is 0 Å². The SMILES string of the molecule is COc1cc(CNC(=S)NCC(C)C)ccn1. The van der Waals surface area contributed by atoms with Crippen LogP contribution in [0.5, 0.6) is 5.88 Å². The Kier molecular flexibility index (Phi) is 5.69. The Bertz CT molecular complexity index is 369. The molecule has 0 amide bonds. The number of methoxy groups -OCH3 is 1. The third-order valence-corrected chi connectivity index (χ3v) is 2.42. The van der Waals surface area contributed by atoms with Crippen molar-refractivity contribution in [3.8, 4) is 5.88 Å². The molecule has 1 rings (SSSR count). The lowest BCUT2D eigenvalue weighted by atomic mass is 10.2. The Labute approximate surface area is 108 Å². The van der Waals surface area contributed by atoms with Gasteiger partial charge in [-0.1, -0.05) is 13.8 Å². The molecule has 0 aliphatic carbocycles. The molecule has 0 unspecified atom stereocenters. The zero-order valence-electron chi connectivity index (χ0n) is 10.5. The van der Waals surface area contributed by atoms with Crippen molar-refractivity contribution < 1.29 is 4.74 Å². The summed E-state index contributed by atoms with van der Waals surface area (Å²) in [5.41, 5.74) is 1.09. The molecule has 17 heavy (non-hydrogen) atoms. The molecule has 1 heterocycles. The van der Waals surface area contributed by atoms with E-state index in [1.807, 2.05) is 12.1 Å². The van der Waals surface area contributed by atoms with Crippen molar-refractivity contribution >= 4 is 17.3 Å². The van der Waals surface area contributed by atoms with Crippen LogP contribution >= 0.6 is 12.2 Å². The predicted molar refractivity (Wildman–Crippen MR) is 73.1 cm³/mol. The summed E-state index contributed by atoms with van der Waals surface area (Å²) in [7, 11) is 1.61. The summed E-state index contributed by atoms with van der Waals surface area (Å²) in [5.74, 6) is 1.20. The van der Waals surface area contributed by atoms with Gasteiger partial charge in [0.15, 0.2) is 5.11 Å². The second-order valence-electron chi connectivity index (χ2n) is 4.16. The number of nitrogens with zero attached hydrogens (tertiary/aromatic N) is 1. The van der Waals surface area contributed by atoms with Crippen LogP contribution in [-0.2, 0) is 6.54 Å². The van der Waals surface area contributed by atoms with Crippen LogP contribution in [0.1, 0.15) is 19.4 Å². The van der Waals surface area contributed by atoms with Crippen molar-refractivity contribution in [3.63, 3.8) is 0 Å². The number of ether oxygens (including phenoxy) is 1. The molecule has 94 valence electrons. The molecule has 0 bridgehead atoms. The third-order valence-electron chi connectivity index (χ3n) is 2.13. The van der Waals surface area contributed by atoms with Crippen molar-refractivity contribution in [1.82, 2.24) is 15.6 Å². The summed E-state index contributed by atoms with van der Waals surface area (Å²) in [5, 5.41) is 6.97. The summed E-state index contributed by atoms with van der Waals surface area (Å²) < 4.78 is 5.05. The Hall–Kier alpha value is -1.36. The van der Waals surface area contributed by atoms with Gasteiger partial charge in [0.2, 0.25) is 5.88 Å². The number of rotatable bonds is 5. The highest BCUT2D eigenvalue weighted by atomic mass is 32.1. The summed E-state index contributed by atoms with van der Waals surface area (Å²) in [4.78, 5) is 4.05. The van der Waals surface area contributed by atoms with Crippen LogP contribution in [0.2, 0.25) is 0 Å². The van der Waals surface area contributed by atoms with Gasteiger partial charge < -0.3 is 15.4 Å². The van der Waals surface area contributed by atoms with Gasteiger partial charge in [0.1, 0.15) is 0 Å². The zero-order chi connectivity index (χ0) is 12.7. The molecule has 0 saturated heterocycles. The maximum Gasteiger partial charge on any atom is 0.213 e. The van der Waals surface area contributed by atoms with E-state index >= 15 is 0 Å². The number of thiocarbonyl (C=S) groups is 1. The highest BCUT2D eigenvalue weighted by molar-refractivity contribution is 7.80. The molecule has 0 aliphatic heterocycles. The first-order valence-electron chi connectivity index (χ1n) is 5.62. The lowest BCUT2D eigenvalue weighted by Gasteiger charge is -2.12. The minimum absolute atomic E-state index is 0.579. The van der Waals surface area contributed by atoms with E-state index in [1.54, 1.807) is 13.3 Å². The molecule has 0 spiro atoms. The predicted octanol–water partition coefficient (Wildman–Crippen LogP) is 1.71. The summed E-state index contributed by atoms with van der Waals surface area (Å²) in [6, 6.07) is 3.82. The highest BCUT2D eigenvalue weighted by Gasteiger charge is 2.00. The largest absolute Gasteiger partial charge is 0.481 e. The van der Waals surface area contributed by atoms with Gasteiger partial charge in [-0.25, -0.2) is 4.98 Å². The molecular formula is C12H19N3OS. The molecule has 0 aliphatic rings. The molecule has 0 saturated carbocycles. The van der Waals surface area contributed by atoms with Crippen molar-refractivity contribution in [2.45, 2.75) is 20.4 Å². The second-order valence-corrected chi connectivity index (χ2v) is 4.57. The number of hydrogen-bond donors (Lipinski definition) is 2. The molecule has 5 heteroatoms. The topological polar surface area (TPSA) is 46.2 Å². The minimum atomic E-state index is 0.579. The average molecular weight is 253 g/mol. The zero-order valence-corrected chi connectivity index (χ0v) is 11.3. The van der Waals surface area contributed by atoms with Gasteiger partial charge in [0.25, 0.3) is 0 Å². The lowest BCUT2D eigenvalue weighted by molar-refractivity contribution is 0.397. The standard InChI is InChI=1S/C12H19N3OS/c1-9(2)7-14-12(17)15-8-10-4-5-13-11(6-10)16-3/h4-6,9H,7-8H2,1-3H3,(H2,14,15,17). The van der Waals surface area contributed by atoms with E-state index in [0.29, 0.717) is 23.5 Å². The van der Waals surface area contributed by atoms with Crippen LogP contribution in [-0.4, -0.2) is 23.8 Å². The van der Waals surface area contributed by atoms with Crippen LogP contribution in [0.3, 0.4) is 0 Å². The van der Waals surface area contributed by atoms with Gasteiger partial charge in [-0.3, -0.25) is 0 Å². The molecule has 2 N–H and O–H groups in total. The molecular weight excluding hydrogens is 234 g/mol. The number of hydrogen-bond acceptors (Lipinski definition) is 3. The summed E-state index contributed by atoms with van der Waals surface area (Å²) in [6.45, 7) is 5.83. The van der Waals surface area contributed by atoms with Gasteiger partial charge in [0, 0.05) is 25.4 Å². The van der Waals surface area contributed by atoms with Gasteiger partial charge in [-0.15, -0.1) is 0 Å². The first kappa shape index (κ1) is 13.7. The summed E-state index contributed by atoms with van der Waals surface area (Å²) in [6.07, 6.45) is 1.72. The highest BCUT2D eigenvalue weighted by Crippen LogP contribution is 2.07. The quantitative estimate of drug-likeness (QED) is 0.782. The van der Waals surface area contributed by atoms with Crippen LogP contribution in [0.4, 0.5) is 0 Å². The van der Waals surface area contributed by atoms with Gasteiger partial charge in [-0.05, 0) is 29.8 Å². The van der Waals surface area contributed by atoms with E-state index in [0.717, 1.165) is 12.1 Å². The summed E-state index contributed by atoms with van der Waals surface area (Å²) >= 11 is 5.16. The van der Waals surface area contributed by atoms with Crippen molar-refractivity contribution in [2.75, 3.05) is 13.7 Å². The van der Waals surface area contributed by atoms with E-state index in [1.165, 1.54) is 0 Å². The lowest BCUT2D eigenvalue weighted by Crippen LogP contribution is -2.36. The number of nitrogens with one attached hydrogen (secondary N) is 2.